The summed E-state index contributed by atoms with van der Waals surface area (Å²) < 4.78 is 58.2. The topological polar surface area (TPSA) is 35.5 Å². The molecule has 0 spiro atoms. The molecule has 1 aromatic carbocycles. The van der Waals surface area contributed by atoms with Gasteiger partial charge in [0.1, 0.15) is 5.75 Å². The Morgan fingerprint density at radius 2 is 1.84 bits per heavy atom. The number of alkyl halides is 4. The second-order valence-electron chi connectivity index (χ2n) is 3.60. The lowest BCUT2D eigenvalue weighted by atomic mass is 10.2. The van der Waals surface area contributed by atoms with Crippen molar-refractivity contribution in [2.24, 2.45) is 0 Å². The molecule has 0 atom stereocenters. The molecule has 0 aliphatic rings. The van der Waals surface area contributed by atoms with Crippen LogP contribution in [0.15, 0.2) is 24.3 Å². The van der Waals surface area contributed by atoms with Crippen molar-refractivity contribution in [2.45, 2.75) is 19.3 Å². The van der Waals surface area contributed by atoms with E-state index < -0.39 is 24.9 Å². The molecular formula is C12H12F4O3. The summed E-state index contributed by atoms with van der Waals surface area (Å²) in [6.45, 7) is 0.420. The number of ether oxygens (including phenoxy) is 2. The quantitative estimate of drug-likeness (QED) is 0.593. The summed E-state index contributed by atoms with van der Waals surface area (Å²) in [7, 11) is 0. The summed E-state index contributed by atoms with van der Waals surface area (Å²) in [5, 5.41) is 0. The van der Waals surface area contributed by atoms with Crippen molar-refractivity contribution in [1.29, 1.82) is 0 Å². The fourth-order valence-corrected chi connectivity index (χ4v) is 1.14. The number of rotatable bonds is 6. The summed E-state index contributed by atoms with van der Waals surface area (Å²) >= 11 is 0. The minimum atomic E-state index is -4.21. The largest absolute Gasteiger partial charge is 0.487 e. The first-order valence-corrected chi connectivity index (χ1v) is 5.42. The molecular weight excluding hydrogens is 268 g/mol. The zero-order chi connectivity index (χ0) is 14.5. The van der Waals surface area contributed by atoms with Gasteiger partial charge in [-0.2, -0.15) is 8.78 Å². The molecule has 0 fully saturated rings. The van der Waals surface area contributed by atoms with E-state index in [1.807, 2.05) is 0 Å². The number of carbonyl (C=O) groups excluding carboxylic acids is 1. The molecule has 0 saturated heterocycles. The SMILES string of the molecule is CCOC(=O)c1ccc(OCC(F)(F)C(F)F)cc1. The summed E-state index contributed by atoms with van der Waals surface area (Å²) in [5.74, 6) is -4.81. The lowest BCUT2D eigenvalue weighted by molar-refractivity contribution is -0.148. The Kier molecular flexibility index (Phi) is 5.14. The molecule has 3 nitrogen and oxygen atoms in total. The molecule has 0 aliphatic carbocycles. The van der Waals surface area contributed by atoms with Gasteiger partial charge in [0.25, 0.3) is 0 Å². The Balaban J connectivity index is 2.60. The molecule has 1 aromatic rings. The van der Waals surface area contributed by atoms with Crippen LogP contribution in [0.25, 0.3) is 0 Å². The monoisotopic (exact) mass is 280 g/mol. The van der Waals surface area contributed by atoms with Gasteiger partial charge in [-0.3, -0.25) is 0 Å². The molecule has 1 rings (SSSR count). The van der Waals surface area contributed by atoms with Crippen LogP contribution in [0.5, 0.6) is 5.75 Å². The molecule has 0 aliphatic heterocycles. The molecule has 0 saturated carbocycles. The number of carbonyl (C=O) groups is 1. The molecule has 0 unspecified atom stereocenters. The average Bonchev–Trinajstić information content (AvgIpc) is 2.37. The van der Waals surface area contributed by atoms with Gasteiger partial charge in [-0.25, -0.2) is 13.6 Å². The van der Waals surface area contributed by atoms with Crippen LogP contribution < -0.4 is 4.74 Å². The van der Waals surface area contributed by atoms with Crippen LogP contribution >= 0.6 is 0 Å². The second-order valence-corrected chi connectivity index (χ2v) is 3.60. The number of benzene rings is 1. The Labute approximate surface area is 107 Å². The van der Waals surface area contributed by atoms with Crippen molar-refractivity contribution < 1.29 is 31.8 Å². The van der Waals surface area contributed by atoms with E-state index in [4.69, 9.17) is 4.74 Å². The molecule has 0 amide bonds. The second kappa shape index (κ2) is 6.40. The molecule has 0 aromatic heterocycles. The van der Waals surface area contributed by atoms with E-state index in [0.29, 0.717) is 0 Å². The standard InChI is InChI=1S/C12H12F4O3/c1-2-18-10(17)8-3-5-9(6-4-8)19-7-12(15,16)11(13)14/h3-6,11H,2,7H2,1H3. The fourth-order valence-electron chi connectivity index (χ4n) is 1.14. The smallest absolute Gasteiger partial charge is 0.340 e. The molecule has 0 radical (unpaired) electrons. The first kappa shape index (κ1) is 15.3. The van der Waals surface area contributed by atoms with Crippen molar-refractivity contribution in [3.05, 3.63) is 29.8 Å². The van der Waals surface area contributed by atoms with E-state index in [2.05, 4.69) is 4.74 Å². The highest BCUT2D eigenvalue weighted by molar-refractivity contribution is 5.89. The van der Waals surface area contributed by atoms with Gasteiger partial charge in [-0.05, 0) is 31.2 Å². The lowest BCUT2D eigenvalue weighted by Gasteiger charge is -2.15. The third-order valence-corrected chi connectivity index (χ3v) is 2.12. The summed E-state index contributed by atoms with van der Waals surface area (Å²) in [6.07, 6.45) is -3.79. The van der Waals surface area contributed by atoms with E-state index in [1.165, 1.54) is 24.3 Å². The minimum Gasteiger partial charge on any atom is -0.487 e. The Morgan fingerprint density at radius 1 is 1.26 bits per heavy atom. The minimum absolute atomic E-state index is 0.0339. The average molecular weight is 280 g/mol. The van der Waals surface area contributed by atoms with E-state index in [9.17, 15) is 22.4 Å². The van der Waals surface area contributed by atoms with Gasteiger partial charge in [0, 0.05) is 0 Å². The van der Waals surface area contributed by atoms with Gasteiger partial charge < -0.3 is 9.47 Å². The van der Waals surface area contributed by atoms with Crippen LogP contribution in [0.2, 0.25) is 0 Å². The predicted molar refractivity (Wildman–Crippen MR) is 58.8 cm³/mol. The van der Waals surface area contributed by atoms with Crippen LogP contribution in [-0.4, -0.2) is 31.5 Å². The lowest BCUT2D eigenvalue weighted by Crippen LogP contribution is -2.33. The van der Waals surface area contributed by atoms with Crippen LogP contribution in [0, 0.1) is 0 Å². The van der Waals surface area contributed by atoms with Gasteiger partial charge in [-0.1, -0.05) is 0 Å². The maximum atomic E-state index is 12.6. The highest BCUT2D eigenvalue weighted by Crippen LogP contribution is 2.24. The molecule has 19 heavy (non-hydrogen) atoms. The van der Waals surface area contributed by atoms with Gasteiger partial charge in [-0.15, -0.1) is 0 Å². The van der Waals surface area contributed by atoms with E-state index in [0.717, 1.165) is 0 Å². The van der Waals surface area contributed by atoms with Crippen LogP contribution in [0.1, 0.15) is 17.3 Å². The van der Waals surface area contributed by atoms with Gasteiger partial charge >= 0.3 is 18.3 Å². The van der Waals surface area contributed by atoms with E-state index >= 15 is 0 Å². The van der Waals surface area contributed by atoms with E-state index in [-0.39, 0.29) is 17.9 Å². The third kappa shape index (κ3) is 4.42. The van der Waals surface area contributed by atoms with Crippen molar-refractivity contribution in [2.75, 3.05) is 13.2 Å². The maximum absolute atomic E-state index is 12.6. The van der Waals surface area contributed by atoms with Crippen molar-refractivity contribution in [3.63, 3.8) is 0 Å². The molecule has 0 N–H and O–H groups in total. The van der Waals surface area contributed by atoms with Crippen molar-refractivity contribution in [3.8, 4) is 5.75 Å². The zero-order valence-electron chi connectivity index (χ0n) is 10.0. The first-order chi connectivity index (χ1) is 8.86. The van der Waals surface area contributed by atoms with Gasteiger partial charge in [0.15, 0.2) is 6.61 Å². The Hall–Kier alpha value is -1.79. The third-order valence-electron chi connectivity index (χ3n) is 2.12. The van der Waals surface area contributed by atoms with Crippen molar-refractivity contribution in [1.82, 2.24) is 0 Å². The molecule has 7 heteroatoms. The maximum Gasteiger partial charge on any atom is 0.340 e. The highest BCUT2D eigenvalue weighted by atomic mass is 19.3. The van der Waals surface area contributed by atoms with Gasteiger partial charge in [0.2, 0.25) is 0 Å². The first-order valence-electron chi connectivity index (χ1n) is 5.42. The normalized spacial score (nSPS) is 11.5. The van der Waals surface area contributed by atoms with Crippen LogP contribution in [0.4, 0.5) is 17.6 Å². The number of halogens is 4. The zero-order valence-corrected chi connectivity index (χ0v) is 10.0. The van der Waals surface area contributed by atoms with Crippen LogP contribution in [-0.2, 0) is 4.74 Å². The summed E-state index contributed by atoms with van der Waals surface area (Å²) in [5.41, 5.74) is 0.217. The van der Waals surface area contributed by atoms with Gasteiger partial charge in [0.05, 0.1) is 12.2 Å². The molecule has 0 bridgehead atoms. The van der Waals surface area contributed by atoms with E-state index in [1.54, 1.807) is 6.92 Å². The number of hydrogen-bond acceptors (Lipinski definition) is 3. The predicted octanol–water partition coefficient (Wildman–Crippen LogP) is 3.14. The molecule has 106 valence electrons. The fraction of sp³-hybridized carbons (Fsp3) is 0.417. The Bertz CT molecular complexity index is 417. The number of esters is 1. The summed E-state index contributed by atoms with van der Waals surface area (Å²) in [4.78, 5) is 11.3. The van der Waals surface area contributed by atoms with Crippen molar-refractivity contribution >= 4 is 5.97 Å². The summed E-state index contributed by atoms with van der Waals surface area (Å²) in [6, 6.07) is 5.06. The highest BCUT2D eigenvalue weighted by Gasteiger charge is 2.41. The van der Waals surface area contributed by atoms with Crippen LogP contribution in [0.3, 0.4) is 0 Å². The number of hydrogen-bond donors (Lipinski definition) is 0. The molecule has 0 heterocycles. The Morgan fingerprint density at radius 3 is 2.32 bits per heavy atom.